The molecule has 0 saturated carbocycles. The number of aromatic nitrogens is 2. The molecule has 25 heavy (non-hydrogen) atoms. The lowest BCUT2D eigenvalue weighted by Gasteiger charge is -2.12. The third-order valence-corrected chi connectivity index (χ3v) is 4.67. The average Bonchev–Trinajstić information content (AvgIpc) is 3.01. The Kier molecular flexibility index (Phi) is 5.58. The van der Waals surface area contributed by atoms with Crippen LogP contribution in [0.1, 0.15) is 11.1 Å². The van der Waals surface area contributed by atoms with Gasteiger partial charge in [-0.2, -0.15) is 5.10 Å². The van der Waals surface area contributed by atoms with E-state index in [9.17, 15) is 0 Å². The van der Waals surface area contributed by atoms with Crippen LogP contribution in [-0.4, -0.2) is 14.9 Å². The van der Waals surface area contributed by atoms with E-state index >= 15 is 0 Å². The van der Waals surface area contributed by atoms with E-state index in [0.29, 0.717) is 22.5 Å². The standard InChI is InChI=1S/C18H16Cl2N4S/c1-12-14(19)7-4-8-16(12)21-18(25)22-17-9-10-24(23-17)11-13-5-2-3-6-15(13)20/h2-10H,11H2,1H3,(H2,21,22,23,25). The molecule has 3 rings (SSSR count). The van der Waals surface area contributed by atoms with Crippen LogP contribution in [-0.2, 0) is 6.54 Å². The quantitative estimate of drug-likeness (QED) is 0.588. The molecule has 0 radical (unpaired) electrons. The number of nitrogens with zero attached hydrogens (tertiary/aromatic N) is 2. The SMILES string of the molecule is Cc1c(Cl)cccc1NC(=S)Nc1ccn(Cc2ccccc2Cl)n1. The van der Waals surface area contributed by atoms with Crippen LogP contribution < -0.4 is 10.6 Å². The third-order valence-electron chi connectivity index (χ3n) is 3.69. The van der Waals surface area contributed by atoms with Crippen molar-refractivity contribution in [3.05, 3.63) is 75.9 Å². The number of thiocarbonyl (C=S) groups is 1. The van der Waals surface area contributed by atoms with E-state index < -0.39 is 0 Å². The minimum Gasteiger partial charge on any atom is -0.332 e. The van der Waals surface area contributed by atoms with Crippen molar-refractivity contribution in [2.24, 2.45) is 0 Å². The second kappa shape index (κ2) is 7.87. The van der Waals surface area contributed by atoms with Crippen molar-refractivity contribution in [3.63, 3.8) is 0 Å². The number of halogens is 2. The number of hydrogen-bond donors (Lipinski definition) is 2. The van der Waals surface area contributed by atoms with Gasteiger partial charge in [0.25, 0.3) is 0 Å². The summed E-state index contributed by atoms with van der Waals surface area (Å²) in [5.41, 5.74) is 2.81. The van der Waals surface area contributed by atoms with Crippen LogP contribution >= 0.6 is 35.4 Å². The molecule has 0 aliphatic rings. The summed E-state index contributed by atoms with van der Waals surface area (Å²) in [6.45, 7) is 2.53. The second-order valence-electron chi connectivity index (χ2n) is 5.48. The van der Waals surface area contributed by atoms with Gasteiger partial charge in [-0.25, -0.2) is 0 Å². The van der Waals surface area contributed by atoms with Gasteiger partial charge in [-0.05, 0) is 48.5 Å². The van der Waals surface area contributed by atoms with E-state index in [2.05, 4.69) is 15.7 Å². The van der Waals surface area contributed by atoms with E-state index in [0.717, 1.165) is 21.8 Å². The number of nitrogens with one attached hydrogen (secondary N) is 2. The summed E-state index contributed by atoms with van der Waals surface area (Å²) >= 11 is 17.7. The molecule has 7 heteroatoms. The molecule has 0 spiro atoms. The van der Waals surface area contributed by atoms with Gasteiger partial charge < -0.3 is 10.6 Å². The summed E-state index contributed by atoms with van der Waals surface area (Å²) in [5.74, 6) is 0.657. The molecule has 1 aromatic heterocycles. The van der Waals surface area contributed by atoms with Gasteiger partial charge in [0, 0.05) is 28.0 Å². The molecule has 0 bridgehead atoms. The lowest BCUT2D eigenvalue weighted by atomic mass is 10.2. The average molecular weight is 391 g/mol. The first-order valence-electron chi connectivity index (χ1n) is 7.63. The summed E-state index contributed by atoms with van der Waals surface area (Å²) < 4.78 is 1.80. The van der Waals surface area contributed by atoms with E-state index in [-0.39, 0.29) is 0 Å². The minimum absolute atomic E-state index is 0.452. The van der Waals surface area contributed by atoms with Crippen molar-refractivity contribution in [2.75, 3.05) is 10.6 Å². The van der Waals surface area contributed by atoms with Crippen molar-refractivity contribution in [1.82, 2.24) is 9.78 Å². The van der Waals surface area contributed by atoms with Crippen LogP contribution in [0.3, 0.4) is 0 Å². The summed E-state index contributed by atoms with van der Waals surface area (Å²) in [5, 5.41) is 12.5. The van der Waals surface area contributed by atoms with Crippen LogP contribution in [0.15, 0.2) is 54.7 Å². The number of hydrogen-bond acceptors (Lipinski definition) is 2. The Bertz CT molecular complexity index is 908. The van der Waals surface area contributed by atoms with Gasteiger partial charge in [0.1, 0.15) is 0 Å². The van der Waals surface area contributed by atoms with Gasteiger partial charge in [0.05, 0.1) is 6.54 Å². The zero-order valence-electron chi connectivity index (χ0n) is 13.5. The Morgan fingerprint density at radius 3 is 2.60 bits per heavy atom. The molecular weight excluding hydrogens is 375 g/mol. The molecule has 128 valence electrons. The maximum absolute atomic E-state index is 6.18. The molecule has 4 nitrogen and oxygen atoms in total. The first-order valence-corrected chi connectivity index (χ1v) is 8.79. The first kappa shape index (κ1) is 17.7. The van der Waals surface area contributed by atoms with E-state index in [4.69, 9.17) is 35.4 Å². The molecule has 0 aliphatic heterocycles. The molecule has 1 heterocycles. The van der Waals surface area contributed by atoms with Gasteiger partial charge in [-0.15, -0.1) is 0 Å². The summed E-state index contributed by atoms with van der Waals surface area (Å²) in [6.07, 6.45) is 1.87. The fourth-order valence-electron chi connectivity index (χ4n) is 2.33. The lowest BCUT2D eigenvalue weighted by Crippen LogP contribution is -2.20. The molecule has 0 saturated heterocycles. The Labute approximate surface area is 161 Å². The number of rotatable bonds is 4. The van der Waals surface area contributed by atoms with Gasteiger partial charge in [0.15, 0.2) is 10.9 Å². The zero-order valence-corrected chi connectivity index (χ0v) is 15.8. The minimum atomic E-state index is 0.452. The Hall–Kier alpha value is -2.08. The Morgan fingerprint density at radius 1 is 1.04 bits per heavy atom. The molecule has 2 N–H and O–H groups in total. The largest absolute Gasteiger partial charge is 0.332 e. The van der Waals surface area contributed by atoms with E-state index in [1.807, 2.05) is 61.7 Å². The second-order valence-corrected chi connectivity index (χ2v) is 6.70. The molecule has 2 aromatic carbocycles. The highest BCUT2D eigenvalue weighted by Gasteiger charge is 2.07. The van der Waals surface area contributed by atoms with Gasteiger partial charge in [0.2, 0.25) is 0 Å². The zero-order chi connectivity index (χ0) is 17.8. The monoisotopic (exact) mass is 390 g/mol. The van der Waals surface area contributed by atoms with Crippen molar-refractivity contribution < 1.29 is 0 Å². The molecular formula is C18H16Cl2N4S. The van der Waals surface area contributed by atoms with E-state index in [1.54, 1.807) is 4.68 Å². The summed E-state index contributed by atoms with van der Waals surface area (Å²) in [4.78, 5) is 0. The molecule has 0 atom stereocenters. The summed E-state index contributed by atoms with van der Waals surface area (Å²) in [6, 6.07) is 15.2. The third kappa shape index (κ3) is 4.51. The maximum atomic E-state index is 6.18. The molecule has 0 fully saturated rings. The normalized spacial score (nSPS) is 10.5. The van der Waals surface area contributed by atoms with Crippen LogP contribution in [0.2, 0.25) is 10.0 Å². The van der Waals surface area contributed by atoms with Crippen LogP contribution in [0, 0.1) is 6.92 Å². The maximum Gasteiger partial charge on any atom is 0.176 e. The molecule has 0 amide bonds. The van der Waals surface area contributed by atoms with E-state index in [1.165, 1.54) is 0 Å². The van der Waals surface area contributed by atoms with Gasteiger partial charge in [-0.1, -0.05) is 47.5 Å². The van der Waals surface area contributed by atoms with Crippen molar-refractivity contribution in [1.29, 1.82) is 0 Å². The fraction of sp³-hybridized carbons (Fsp3) is 0.111. The Balaban J connectivity index is 1.64. The highest BCUT2D eigenvalue weighted by molar-refractivity contribution is 7.80. The van der Waals surface area contributed by atoms with Crippen LogP contribution in [0.25, 0.3) is 0 Å². The smallest absolute Gasteiger partial charge is 0.176 e. The number of benzene rings is 2. The van der Waals surface area contributed by atoms with Crippen molar-refractivity contribution in [3.8, 4) is 0 Å². The van der Waals surface area contributed by atoms with Crippen LogP contribution in [0.5, 0.6) is 0 Å². The van der Waals surface area contributed by atoms with Gasteiger partial charge in [-0.3, -0.25) is 4.68 Å². The van der Waals surface area contributed by atoms with Crippen molar-refractivity contribution >= 4 is 52.0 Å². The first-order chi connectivity index (χ1) is 12.0. The predicted octanol–water partition coefficient (Wildman–Crippen LogP) is 5.36. The van der Waals surface area contributed by atoms with Crippen molar-refractivity contribution in [2.45, 2.75) is 13.5 Å². The van der Waals surface area contributed by atoms with Crippen LogP contribution in [0.4, 0.5) is 11.5 Å². The molecule has 0 aliphatic carbocycles. The topological polar surface area (TPSA) is 41.9 Å². The lowest BCUT2D eigenvalue weighted by molar-refractivity contribution is 0.690. The highest BCUT2D eigenvalue weighted by atomic mass is 35.5. The number of anilines is 2. The molecule has 3 aromatic rings. The highest BCUT2D eigenvalue weighted by Crippen LogP contribution is 2.23. The Morgan fingerprint density at radius 2 is 1.80 bits per heavy atom. The van der Waals surface area contributed by atoms with Gasteiger partial charge >= 0.3 is 0 Å². The molecule has 0 unspecified atom stereocenters. The predicted molar refractivity (Wildman–Crippen MR) is 109 cm³/mol. The summed E-state index contributed by atoms with van der Waals surface area (Å²) in [7, 11) is 0. The fourth-order valence-corrected chi connectivity index (χ4v) is 2.91.